The van der Waals surface area contributed by atoms with Gasteiger partial charge in [-0.1, -0.05) is 23.9 Å². The van der Waals surface area contributed by atoms with Crippen molar-refractivity contribution >= 4 is 40.9 Å². The highest BCUT2D eigenvalue weighted by Crippen LogP contribution is 2.45. The van der Waals surface area contributed by atoms with Crippen molar-refractivity contribution < 1.29 is 19.1 Å². The van der Waals surface area contributed by atoms with Crippen LogP contribution in [0.4, 0.5) is 11.4 Å². The van der Waals surface area contributed by atoms with Crippen molar-refractivity contribution in [1.29, 1.82) is 0 Å². The van der Waals surface area contributed by atoms with E-state index >= 15 is 0 Å². The van der Waals surface area contributed by atoms with Crippen LogP contribution in [0.2, 0.25) is 0 Å². The molecule has 0 radical (unpaired) electrons. The van der Waals surface area contributed by atoms with Crippen LogP contribution >= 0.6 is 11.8 Å². The Bertz CT molecular complexity index is 913. The molecule has 28 heavy (non-hydrogen) atoms. The summed E-state index contributed by atoms with van der Waals surface area (Å²) in [5.74, 6) is -1.07. The minimum atomic E-state index is -1.29. The molecule has 1 atom stereocenters. The summed E-state index contributed by atoms with van der Waals surface area (Å²) in [6.45, 7) is 6.04. The van der Waals surface area contributed by atoms with Gasteiger partial charge in [-0.3, -0.25) is 9.59 Å². The van der Waals surface area contributed by atoms with Crippen LogP contribution in [-0.4, -0.2) is 35.7 Å². The molecule has 0 fully saturated rings. The minimum Gasteiger partial charge on any atom is -0.462 e. The average Bonchev–Trinajstić information content (AvgIpc) is 2.69. The number of esters is 1. The summed E-state index contributed by atoms with van der Waals surface area (Å²) in [6, 6.07) is 14.0. The fourth-order valence-corrected chi connectivity index (χ4v) is 4.22. The van der Waals surface area contributed by atoms with Crippen molar-refractivity contribution in [3.05, 3.63) is 54.1 Å². The standard InChI is InChI=1S/C21H22N2O4S/c1-4-23-16-8-6-7-9-17(16)28-21(3,20(23)26)19(25)22-15-12-10-14(11-13-15)18(24)27-5-2/h6-13H,4-5H2,1-3H3,(H,22,25). The summed E-state index contributed by atoms with van der Waals surface area (Å²) >= 11 is 1.25. The highest BCUT2D eigenvalue weighted by molar-refractivity contribution is 8.02. The number of thioether (sulfide) groups is 1. The maximum atomic E-state index is 13.1. The second-order valence-electron chi connectivity index (χ2n) is 6.40. The van der Waals surface area contributed by atoms with E-state index in [1.165, 1.54) is 11.8 Å². The molecule has 0 aromatic heterocycles. The van der Waals surface area contributed by atoms with E-state index < -0.39 is 16.6 Å². The number of para-hydroxylation sites is 1. The van der Waals surface area contributed by atoms with Gasteiger partial charge in [-0.25, -0.2) is 4.79 Å². The van der Waals surface area contributed by atoms with Crippen LogP contribution in [0.5, 0.6) is 0 Å². The molecule has 0 bridgehead atoms. The van der Waals surface area contributed by atoms with Crippen molar-refractivity contribution in [3.8, 4) is 0 Å². The highest BCUT2D eigenvalue weighted by Gasteiger charge is 2.48. The van der Waals surface area contributed by atoms with Crippen molar-refractivity contribution in [2.45, 2.75) is 30.4 Å². The fourth-order valence-electron chi connectivity index (χ4n) is 3.01. The van der Waals surface area contributed by atoms with Gasteiger partial charge in [-0.05, 0) is 57.2 Å². The number of anilines is 2. The van der Waals surface area contributed by atoms with Crippen LogP contribution in [-0.2, 0) is 14.3 Å². The van der Waals surface area contributed by atoms with Crippen molar-refractivity contribution in [2.24, 2.45) is 0 Å². The van der Waals surface area contributed by atoms with Gasteiger partial charge in [-0.15, -0.1) is 0 Å². The lowest BCUT2D eigenvalue weighted by Crippen LogP contribution is -2.54. The molecule has 2 aromatic rings. The lowest BCUT2D eigenvalue weighted by Gasteiger charge is -2.38. The Morgan fingerprint density at radius 2 is 1.79 bits per heavy atom. The Morgan fingerprint density at radius 3 is 2.43 bits per heavy atom. The molecule has 3 rings (SSSR count). The number of nitrogens with zero attached hydrogens (tertiary/aromatic N) is 1. The third kappa shape index (κ3) is 3.62. The predicted molar refractivity (Wildman–Crippen MR) is 110 cm³/mol. The Labute approximate surface area is 168 Å². The number of nitrogens with one attached hydrogen (secondary N) is 1. The molecular weight excluding hydrogens is 376 g/mol. The van der Waals surface area contributed by atoms with Gasteiger partial charge in [0.2, 0.25) is 5.91 Å². The Morgan fingerprint density at radius 1 is 1.11 bits per heavy atom. The van der Waals surface area contributed by atoms with Gasteiger partial charge in [0.05, 0.1) is 17.9 Å². The normalized spacial score (nSPS) is 18.4. The van der Waals surface area contributed by atoms with Gasteiger partial charge in [0.25, 0.3) is 5.91 Å². The zero-order chi connectivity index (χ0) is 20.3. The summed E-state index contributed by atoms with van der Waals surface area (Å²) in [5.41, 5.74) is 1.74. The van der Waals surface area contributed by atoms with Crippen LogP contribution < -0.4 is 10.2 Å². The first-order valence-corrected chi connectivity index (χ1v) is 9.91. The largest absolute Gasteiger partial charge is 0.462 e. The summed E-state index contributed by atoms with van der Waals surface area (Å²) in [6.07, 6.45) is 0. The quantitative estimate of drug-likeness (QED) is 0.614. The molecule has 0 aliphatic carbocycles. The van der Waals surface area contributed by atoms with E-state index in [0.717, 1.165) is 10.6 Å². The SMILES string of the molecule is CCOC(=O)c1ccc(NC(=O)C2(C)Sc3ccccc3N(CC)C2=O)cc1. The first-order valence-electron chi connectivity index (χ1n) is 9.09. The summed E-state index contributed by atoms with van der Waals surface area (Å²) in [4.78, 5) is 40.4. The van der Waals surface area contributed by atoms with Gasteiger partial charge in [0, 0.05) is 17.1 Å². The lowest BCUT2D eigenvalue weighted by molar-refractivity contribution is -0.128. The Balaban J connectivity index is 1.82. The van der Waals surface area contributed by atoms with E-state index in [9.17, 15) is 14.4 Å². The third-order valence-electron chi connectivity index (χ3n) is 4.53. The topological polar surface area (TPSA) is 75.7 Å². The zero-order valence-electron chi connectivity index (χ0n) is 16.0. The second-order valence-corrected chi connectivity index (χ2v) is 7.86. The maximum absolute atomic E-state index is 13.1. The molecule has 0 saturated heterocycles. The van der Waals surface area contributed by atoms with Gasteiger partial charge >= 0.3 is 5.97 Å². The van der Waals surface area contributed by atoms with Crippen molar-refractivity contribution in [3.63, 3.8) is 0 Å². The third-order valence-corrected chi connectivity index (χ3v) is 5.86. The predicted octanol–water partition coefficient (Wildman–Crippen LogP) is 3.72. The van der Waals surface area contributed by atoms with Crippen molar-refractivity contribution in [2.75, 3.05) is 23.4 Å². The smallest absolute Gasteiger partial charge is 0.338 e. The molecule has 1 heterocycles. The molecule has 0 spiro atoms. The molecule has 2 amide bonds. The molecule has 7 heteroatoms. The molecule has 2 aromatic carbocycles. The molecule has 1 N–H and O–H groups in total. The first kappa shape index (κ1) is 19.9. The number of fused-ring (bicyclic) bond motifs is 1. The van der Waals surface area contributed by atoms with E-state index in [-0.39, 0.29) is 5.91 Å². The summed E-state index contributed by atoms with van der Waals surface area (Å²) < 4.78 is 3.66. The summed E-state index contributed by atoms with van der Waals surface area (Å²) in [5, 5.41) is 2.80. The molecular formula is C21H22N2O4S. The van der Waals surface area contributed by atoms with Crippen LogP contribution in [0, 0.1) is 0 Å². The number of amides is 2. The van der Waals surface area contributed by atoms with E-state index in [1.54, 1.807) is 43.0 Å². The van der Waals surface area contributed by atoms with E-state index in [1.807, 2.05) is 31.2 Å². The van der Waals surface area contributed by atoms with E-state index in [2.05, 4.69) is 5.32 Å². The van der Waals surface area contributed by atoms with E-state index in [0.29, 0.717) is 24.4 Å². The molecule has 1 aliphatic heterocycles. The molecule has 1 unspecified atom stereocenters. The minimum absolute atomic E-state index is 0.251. The number of hydrogen-bond donors (Lipinski definition) is 1. The van der Waals surface area contributed by atoms with Crippen LogP contribution in [0.1, 0.15) is 31.1 Å². The fraction of sp³-hybridized carbons (Fsp3) is 0.286. The Hall–Kier alpha value is -2.80. The number of carbonyl (C=O) groups excluding carboxylic acids is 3. The summed E-state index contributed by atoms with van der Waals surface area (Å²) in [7, 11) is 0. The van der Waals surface area contributed by atoms with Crippen LogP contribution in [0.15, 0.2) is 53.4 Å². The molecule has 1 aliphatic rings. The van der Waals surface area contributed by atoms with Gasteiger partial charge in [0.1, 0.15) is 0 Å². The van der Waals surface area contributed by atoms with Gasteiger partial charge < -0.3 is 15.0 Å². The number of hydrogen-bond acceptors (Lipinski definition) is 5. The van der Waals surface area contributed by atoms with Crippen LogP contribution in [0.3, 0.4) is 0 Å². The highest BCUT2D eigenvalue weighted by atomic mass is 32.2. The Kier molecular flexibility index (Phi) is 5.74. The number of rotatable bonds is 5. The van der Waals surface area contributed by atoms with Gasteiger partial charge in [0.15, 0.2) is 4.75 Å². The number of ether oxygens (including phenoxy) is 1. The molecule has 146 valence electrons. The molecule has 6 nitrogen and oxygen atoms in total. The lowest BCUT2D eigenvalue weighted by atomic mass is 10.1. The zero-order valence-corrected chi connectivity index (χ0v) is 16.8. The van der Waals surface area contributed by atoms with Crippen LogP contribution in [0.25, 0.3) is 0 Å². The molecule has 0 saturated carbocycles. The maximum Gasteiger partial charge on any atom is 0.338 e. The van der Waals surface area contributed by atoms with E-state index in [4.69, 9.17) is 4.74 Å². The van der Waals surface area contributed by atoms with Crippen molar-refractivity contribution in [1.82, 2.24) is 0 Å². The monoisotopic (exact) mass is 398 g/mol. The number of benzene rings is 2. The second kappa shape index (κ2) is 8.06. The van der Waals surface area contributed by atoms with Gasteiger partial charge in [-0.2, -0.15) is 0 Å². The first-order chi connectivity index (χ1) is 13.4. The number of carbonyl (C=O) groups is 3. The average molecular weight is 398 g/mol.